The van der Waals surface area contributed by atoms with Crippen LogP contribution >= 0.6 is 15.8 Å². The average Bonchev–Trinajstić information content (AvgIpc) is 2.90. The number of aryl methyl sites for hydroxylation is 2. The second kappa shape index (κ2) is 13.0. The van der Waals surface area contributed by atoms with E-state index in [0.29, 0.717) is 13.2 Å². The Morgan fingerprint density at radius 1 is 0.472 bits per heavy atom. The Balaban J connectivity index is 1.78. The van der Waals surface area contributed by atoms with E-state index in [9.17, 15) is 0 Å². The first-order valence-electron chi connectivity index (χ1n) is 12.7. The van der Waals surface area contributed by atoms with Crippen LogP contribution in [0.1, 0.15) is 25.0 Å². The molecule has 0 aliphatic rings. The Kier molecular flexibility index (Phi) is 9.57. The van der Waals surface area contributed by atoms with Crippen LogP contribution in [-0.4, -0.2) is 25.5 Å². The number of hydrogen-bond donors (Lipinski definition) is 0. The molecule has 0 aliphatic carbocycles. The van der Waals surface area contributed by atoms with Crippen molar-refractivity contribution >= 4 is 37.1 Å². The first-order chi connectivity index (χ1) is 17.6. The minimum Gasteiger partial charge on any atom is -0.493 e. The molecule has 0 radical (unpaired) electrons. The zero-order valence-electron chi connectivity index (χ0n) is 21.8. The molecule has 0 aromatic heterocycles. The summed E-state index contributed by atoms with van der Waals surface area (Å²) in [7, 11) is -1.19. The number of hydrogen-bond acceptors (Lipinski definition) is 2. The first-order valence-corrected chi connectivity index (χ1v) is 15.8. The highest BCUT2D eigenvalue weighted by Gasteiger charge is 2.25. The lowest BCUT2D eigenvalue weighted by Gasteiger charge is -2.27. The lowest BCUT2D eigenvalue weighted by Crippen LogP contribution is -2.23. The fourth-order valence-corrected chi connectivity index (χ4v) is 10.5. The van der Waals surface area contributed by atoms with E-state index in [1.807, 2.05) is 0 Å². The van der Waals surface area contributed by atoms with Crippen LogP contribution in [0.2, 0.25) is 0 Å². The van der Waals surface area contributed by atoms with Crippen LogP contribution < -0.4 is 30.7 Å². The van der Waals surface area contributed by atoms with Crippen LogP contribution in [0.4, 0.5) is 0 Å². The van der Waals surface area contributed by atoms with E-state index in [4.69, 9.17) is 9.47 Å². The second-order valence-electron chi connectivity index (χ2n) is 8.68. The predicted octanol–water partition coefficient (Wildman–Crippen LogP) is 6.67. The molecule has 4 rings (SSSR count). The van der Waals surface area contributed by atoms with Crippen molar-refractivity contribution in [1.82, 2.24) is 0 Å². The van der Waals surface area contributed by atoms with Crippen LogP contribution in [0, 0.1) is 13.8 Å². The van der Waals surface area contributed by atoms with Gasteiger partial charge in [-0.25, -0.2) is 0 Å². The van der Waals surface area contributed by atoms with Crippen molar-refractivity contribution < 1.29 is 9.47 Å². The summed E-state index contributed by atoms with van der Waals surface area (Å²) in [5.41, 5.74) is 2.70. The average molecular weight is 515 g/mol. The molecule has 0 spiro atoms. The van der Waals surface area contributed by atoms with E-state index >= 15 is 0 Å². The Bertz CT molecular complexity index is 1170. The highest BCUT2D eigenvalue weighted by molar-refractivity contribution is 7.77. The van der Waals surface area contributed by atoms with Gasteiger partial charge in [0.05, 0.1) is 13.2 Å². The van der Waals surface area contributed by atoms with Crippen LogP contribution in [0.15, 0.2) is 97.1 Å². The number of ether oxygens (including phenoxy) is 2. The van der Waals surface area contributed by atoms with Crippen molar-refractivity contribution in [3.63, 3.8) is 0 Å². The molecule has 0 heterocycles. The topological polar surface area (TPSA) is 18.5 Å². The van der Waals surface area contributed by atoms with Crippen molar-refractivity contribution in [2.75, 3.05) is 25.5 Å². The summed E-state index contributed by atoms with van der Waals surface area (Å²) < 4.78 is 12.3. The van der Waals surface area contributed by atoms with Crippen LogP contribution in [0.5, 0.6) is 11.5 Å². The van der Waals surface area contributed by atoms with Gasteiger partial charge >= 0.3 is 0 Å². The summed E-state index contributed by atoms with van der Waals surface area (Å²) in [6.07, 6.45) is 2.18. The maximum atomic E-state index is 6.13. The maximum Gasteiger partial charge on any atom is 0.127 e. The third kappa shape index (κ3) is 6.18. The standard InChI is InChI=1S/C32H36O2P2/c1-5-33-27-17-9-13-21-31(27)35(29-19-11-7-15-25(29)3)23-24-36(30-20-12-8-16-26(30)4)32-22-14-10-18-28(32)34-6-2/h7-22H,5-6,23-24H2,1-4H3. The van der Waals surface area contributed by atoms with Gasteiger partial charge in [0.15, 0.2) is 0 Å². The molecular formula is C32H36O2P2. The highest BCUT2D eigenvalue weighted by atomic mass is 31.1. The van der Waals surface area contributed by atoms with Crippen LogP contribution in [-0.2, 0) is 0 Å². The molecule has 36 heavy (non-hydrogen) atoms. The molecule has 2 nitrogen and oxygen atoms in total. The SMILES string of the molecule is CCOc1ccccc1P(CCP(c1ccccc1C)c1ccccc1OCC)c1ccccc1C. The van der Waals surface area contributed by atoms with Gasteiger partial charge in [-0.3, -0.25) is 0 Å². The molecule has 4 heteroatoms. The van der Waals surface area contributed by atoms with Gasteiger partial charge in [0, 0.05) is 10.6 Å². The lowest BCUT2D eigenvalue weighted by atomic mass is 10.2. The van der Waals surface area contributed by atoms with Crippen molar-refractivity contribution in [2.45, 2.75) is 27.7 Å². The van der Waals surface area contributed by atoms with Crippen molar-refractivity contribution in [3.05, 3.63) is 108 Å². The second-order valence-corrected chi connectivity index (χ2v) is 13.2. The monoisotopic (exact) mass is 514 g/mol. The van der Waals surface area contributed by atoms with Gasteiger partial charge in [0.1, 0.15) is 11.5 Å². The summed E-state index contributed by atoms with van der Waals surface area (Å²) in [5.74, 6) is 2.04. The largest absolute Gasteiger partial charge is 0.493 e. The Labute approximate surface area is 219 Å². The highest BCUT2D eigenvalue weighted by Crippen LogP contribution is 2.45. The number of benzene rings is 4. The molecule has 0 bridgehead atoms. The molecule has 4 aromatic carbocycles. The molecule has 2 atom stereocenters. The van der Waals surface area contributed by atoms with E-state index in [0.717, 1.165) is 23.8 Å². The van der Waals surface area contributed by atoms with Crippen molar-refractivity contribution in [2.24, 2.45) is 0 Å². The summed E-state index contributed by atoms with van der Waals surface area (Å²) >= 11 is 0. The van der Waals surface area contributed by atoms with Crippen molar-refractivity contribution in [1.29, 1.82) is 0 Å². The molecule has 2 unspecified atom stereocenters. The minimum atomic E-state index is -0.594. The van der Waals surface area contributed by atoms with Gasteiger partial charge in [-0.15, -0.1) is 0 Å². The Hall–Kier alpha value is -2.66. The van der Waals surface area contributed by atoms with Gasteiger partial charge in [0.2, 0.25) is 0 Å². The van der Waals surface area contributed by atoms with E-state index in [2.05, 4.69) is 125 Å². The van der Waals surface area contributed by atoms with Crippen LogP contribution in [0.25, 0.3) is 0 Å². The number of para-hydroxylation sites is 2. The molecule has 0 amide bonds. The molecule has 4 aromatic rings. The molecule has 0 aliphatic heterocycles. The van der Waals surface area contributed by atoms with Gasteiger partial charge in [-0.2, -0.15) is 0 Å². The summed E-state index contributed by atoms with van der Waals surface area (Å²) in [6, 6.07) is 35.0. The summed E-state index contributed by atoms with van der Waals surface area (Å²) in [6.45, 7) is 9.95. The maximum absolute atomic E-state index is 6.13. The van der Waals surface area contributed by atoms with Gasteiger partial charge in [0.25, 0.3) is 0 Å². The van der Waals surface area contributed by atoms with E-state index < -0.39 is 15.8 Å². The Morgan fingerprint density at radius 3 is 1.17 bits per heavy atom. The minimum absolute atomic E-state index is 0.594. The third-order valence-corrected chi connectivity index (χ3v) is 12.0. The van der Waals surface area contributed by atoms with Crippen LogP contribution in [0.3, 0.4) is 0 Å². The molecule has 186 valence electrons. The summed E-state index contributed by atoms with van der Waals surface area (Å²) in [5, 5.41) is 5.55. The third-order valence-electron chi connectivity index (χ3n) is 6.27. The van der Waals surface area contributed by atoms with Gasteiger partial charge < -0.3 is 9.47 Å². The first kappa shape index (κ1) is 26.4. The smallest absolute Gasteiger partial charge is 0.127 e. The van der Waals surface area contributed by atoms with Gasteiger partial charge in [-0.1, -0.05) is 84.9 Å². The van der Waals surface area contributed by atoms with E-state index in [1.54, 1.807) is 0 Å². The molecule has 0 saturated carbocycles. The fourth-order valence-electron chi connectivity index (χ4n) is 4.59. The number of rotatable bonds is 11. The molecule has 0 fully saturated rings. The fraction of sp³-hybridized carbons (Fsp3) is 0.250. The van der Waals surface area contributed by atoms with Crippen molar-refractivity contribution in [3.8, 4) is 11.5 Å². The van der Waals surface area contributed by atoms with E-state index in [1.165, 1.54) is 32.3 Å². The zero-order chi connectivity index (χ0) is 25.3. The normalized spacial score (nSPS) is 12.7. The molecule has 0 saturated heterocycles. The van der Waals surface area contributed by atoms with E-state index in [-0.39, 0.29) is 0 Å². The quantitative estimate of drug-likeness (QED) is 0.208. The Morgan fingerprint density at radius 2 is 0.806 bits per heavy atom. The van der Waals surface area contributed by atoms with Gasteiger partial charge in [-0.05, 0) is 89.7 Å². The predicted molar refractivity (Wildman–Crippen MR) is 160 cm³/mol. The molecular weight excluding hydrogens is 478 g/mol. The zero-order valence-corrected chi connectivity index (χ0v) is 23.6. The molecule has 0 N–H and O–H groups in total. The lowest BCUT2D eigenvalue weighted by molar-refractivity contribution is 0.343. The summed E-state index contributed by atoms with van der Waals surface area (Å²) in [4.78, 5) is 0.